The Labute approximate surface area is 260 Å². The molecular weight excluding hydrogens is 640 g/mol. The van der Waals surface area contributed by atoms with Crippen LogP contribution in [-0.2, 0) is 27.5 Å². The molecule has 45 heavy (non-hydrogen) atoms. The van der Waals surface area contributed by atoms with E-state index in [0.29, 0.717) is 35.2 Å². The molecule has 0 aliphatic carbocycles. The van der Waals surface area contributed by atoms with Gasteiger partial charge in [0.15, 0.2) is 5.65 Å². The summed E-state index contributed by atoms with van der Waals surface area (Å²) in [7, 11) is -4.23. The van der Waals surface area contributed by atoms with Crippen molar-refractivity contribution in [1.82, 2.24) is 23.9 Å². The second-order valence-electron chi connectivity index (χ2n) is 11.2. The fourth-order valence-corrected chi connectivity index (χ4v) is 8.08. The van der Waals surface area contributed by atoms with Crippen LogP contribution in [0.1, 0.15) is 59.7 Å². The van der Waals surface area contributed by atoms with Gasteiger partial charge in [0.1, 0.15) is 16.5 Å². The van der Waals surface area contributed by atoms with Gasteiger partial charge in [0, 0.05) is 42.8 Å². The van der Waals surface area contributed by atoms with Crippen LogP contribution in [0.5, 0.6) is 0 Å². The summed E-state index contributed by atoms with van der Waals surface area (Å²) in [6.45, 7) is 2.03. The van der Waals surface area contributed by atoms with Crippen molar-refractivity contribution in [2.45, 2.75) is 62.2 Å². The molecule has 0 amide bonds. The van der Waals surface area contributed by atoms with Gasteiger partial charge < -0.3 is 10.0 Å². The maximum atomic E-state index is 14.3. The van der Waals surface area contributed by atoms with Crippen LogP contribution in [0.4, 0.5) is 23.4 Å². The van der Waals surface area contributed by atoms with E-state index in [-0.39, 0.29) is 40.5 Å². The molecule has 238 valence electrons. The van der Waals surface area contributed by atoms with Crippen LogP contribution in [0.2, 0.25) is 5.02 Å². The van der Waals surface area contributed by atoms with Gasteiger partial charge in [-0.05, 0) is 66.6 Å². The highest BCUT2D eigenvalue weighted by Crippen LogP contribution is 2.39. The minimum atomic E-state index is -4.75. The predicted molar refractivity (Wildman–Crippen MR) is 155 cm³/mol. The van der Waals surface area contributed by atoms with E-state index >= 15 is 0 Å². The molecule has 0 bridgehead atoms. The second kappa shape index (κ2) is 11.5. The molecular formula is C29H27ClF4N6O4S. The molecule has 0 spiro atoms. The molecule has 1 fully saturated rings. The number of sulfonamides is 1. The zero-order chi connectivity index (χ0) is 32.3. The molecule has 6 rings (SSSR count). The summed E-state index contributed by atoms with van der Waals surface area (Å²) in [6, 6.07) is 6.90. The van der Waals surface area contributed by atoms with Crippen molar-refractivity contribution in [3.63, 3.8) is 0 Å². The van der Waals surface area contributed by atoms with E-state index in [1.165, 1.54) is 23.4 Å². The Morgan fingerprint density at radius 2 is 1.96 bits per heavy atom. The lowest BCUT2D eigenvalue weighted by Crippen LogP contribution is -2.45. The number of fused-ring (bicyclic) bond motifs is 4. The summed E-state index contributed by atoms with van der Waals surface area (Å²) >= 11 is 6.57. The van der Waals surface area contributed by atoms with Crippen LogP contribution in [0.3, 0.4) is 0 Å². The van der Waals surface area contributed by atoms with Gasteiger partial charge >= 0.3 is 12.1 Å². The zero-order valence-corrected chi connectivity index (χ0v) is 25.4. The van der Waals surface area contributed by atoms with E-state index in [4.69, 9.17) is 11.6 Å². The summed E-state index contributed by atoms with van der Waals surface area (Å²) in [5, 5.41) is 17.0. The third kappa shape index (κ3) is 5.72. The molecule has 16 heteroatoms. The number of aryl methyl sites for hydroxylation is 1. The number of alkyl halides is 3. The number of anilines is 1. The Bertz CT molecular complexity index is 1920. The van der Waals surface area contributed by atoms with Crippen molar-refractivity contribution in [1.29, 1.82) is 0 Å². The summed E-state index contributed by atoms with van der Waals surface area (Å²) in [5.41, 5.74) is 1.48. The zero-order valence-electron chi connectivity index (χ0n) is 23.8. The first-order valence-electron chi connectivity index (χ1n) is 14.1. The molecule has 5 heterocycles. The quantitative estimate of drug-likeness (QED) is 0.271. The van der Waals surface area contributed by atoms with Crippen molar-refractivity contribution >= 4 is 39.1 Å². The minimum Gasteiger partial charge on any atom is -0.481 e. The van der Waals surface area contributed by atoms with Crippen LogP contribution in [0.15, 0.2) is 47.6 Å². The van der Waals surface area contributed by atoms with Gasteiger partial charge in [0.25, 0.3) is 0 Å². The highest BCUT2D eigenvalue weighted by Gasteiger charge is 2.40. The second-order valence-corrected chi connectivity index (χ2v) is 13.5. The molecule has 10 nitrogen and oxygen atoms in total. The third-order valence-corrected chi connectivity index (χ3v) is 10.6. The van der Waals surface area contributed by atoms with Gasteiger partial charge in [-0.1, -0.05) is 23.7 Å². The number of pyridine rings is 2. The fraction of sp³-hybridized carbons (Fsp3) is 0.379. The summed E-state index contributed by atoms with van der Waals surface area (Å²) in [6.07, 6.45) is -0.582. The number of aromatic nitrogens is 4. The van der Waals surface area contributed by atoms with Gasteiger partial charge in [-0.25, -0.2) is 17.8 Å². The topological polar surface area (TPSA) is 121 Å². The van der Waals surface area contributed by atoms with Crippen molar-refractivity contribution in [3.8, 4) is 0 Å². The first-order chi connectivity index (χ1) is 21.3. The number of carboxylic acid groups (broad SMARTS) is 1. The predicted octanol–water partition coefficient (Wildman–Crippen LogP) is 5.41. The number of carboxylic acids is 1. The van der Waals surface area contributed by atoms with Gasteiger partial charge in [0.2, 0.25) is 15.8 Å². The normalized spacial score (nSPS) is 19.2. The molecule has 1 N–H and O–H groups in total. The summed E-state index contributed by atoms with van der Waals surface area (Å²) in [5.74, 6) is -3.79. The average Bonchev–Trinajstić information content (AvgIpc) is 3.40. The van der Waals surface area contributed by atoms with E-state index in [1.54, 1.807) is 12.1 Å². The Hall–Kier alpha value is -3.82. The first kappa shape index (κ1) is 31.2. The fourth-order valence-electron chi connectivity index (χ4n) is 6.28. The number of halogens is 5. The van der Waals surface area contributed by atoms with Crippen molar-refractivity contribution in [2.24, 2.45) is 0 Å². The SMILES string of the molecule is Cc1c([C@H](CC(=O)O)c2ccc(Cl)c(CN3C[C@@H]4CCCCN4c4ncc(F)cc4S3(=O)=O)c2)ccn2c(C(F)(F)F)nnc12. The maximum absolute atomic E-state index is 14.3. The molecule has 2 atom stereocenters. The molecule has 2 aliphatic heterocycles. The standard InChI is InChI=1S/C29H27ClF4N6O4S/c1-16-21(7-9-40-26(16)36-37-28(40)29(32,33)34)22(12-25(41)42)17-5-6-23(30)18(10-17)14-38-15-20-4-2-3-8-39(20)27-24(45(38,43)44)11-19(31)13-35-27/h5-7,9-11,13,20,22H,2-4,8,12,14-15H2,1H3,(H,41,42)/t20-,22+/m0/s1. The lowest BCUT2D eigenvalue weighted by Gasteiger charge is -2.36. The maximum Gasteiger partial charge on any atom is 0.452 e. The van der Waals surface area contributed by atoms with E-state index in [9.17, 15) is 35.9 Å². The Morgan fingerprint density at radius 3 is 2.69 bits per heavy atom. The molecule has 0 radical (unpaired) electrons. The van der Waals surface area contributed by atoms with E-state index in [2.05, 4.69) is 15.2 Å². The Balaban J connectivity index is 1.41. The summed E-state index contributed by atoms with van der Waals surface area (Å²) < 4.78 is 84.6. The van der Waals surface area contributed by atoms with E-state index < -0.39 is 46.1 Å². The number of benzene rings is 1. The van der Waals surface area contributed by atoms with Crippen LogP contribution >= 0.6 is 11.6 Å². The number of aliphatic carboxylic acids is 1. The molecule has 1 aromatic carbocycles. The number of hydrogen-bond acceptors (Lipinski definition) is 7. The average molecular weight is 667 g/mol. The van der Waals surface area contributed by atoms with Gasteiger partial charge in [-0.15, -0.1) is 10.2 Å². The highest BCUT2D eigenvalue weighted by molar-refractivity contribution is 7.89. The number of carbonyl (C=O) groups is 1. The number of hydrogen-bond donors (Lipinski definition) is 1. The Morgan fingerprint density at radius 1 is 1.18 bits per heavy atom. The molecule has 4 aromatic rings. The van der Waals surface area contributed by atoms with Crippen LogP contribution in [-0.4, -0.2) is 62.5 Å². The number of rotatable bonds is 6. The molecule has 2 aliphatic rings. The smallest absolute Gasteiger partial charge is 0.452 e. The van der Waals surface area contributed by atoms with Gasteiger partial charge in [-0.2, -0.15) is 17.5 Å². The molecule has 1 saturated heterocycles. The molecule has 0 saturated carbocycles. The monoisotopic (exact) mass is 666 g/mol. The lowest BCUT2D eigenvalue weighted by molar-refractivity contribution is -0.145. The first-order valence-corrected chi connectivity index (χ1v) is 15.9. The largest absolute Gasteiger partial charge is 0.481 e. The molecule has 3 aromatic heterocycles. The van der Waals surface area contributed by atoms with Gasteiger partial charge in [0.05, 0.1) is 12.6 Å². The van der Waals surface area contributed by atoms with Crippen LogP contribution in [0, 0.1) is 12.7 Å². The highest BCUT2D eigenvalue weighted by atomic mass is 35.5. The number of nitrogens with zero attached hydrogens (tertiary/aromatic N) is 6. The third-order valence-electron chi connectivity index (χ3n) is 8.42. The summed E-state index contributed by atoms with van der Waals surface area (Å²) in [4.78, 5) is 17.8. The van der Waals surface area contributed by atoms with E-state index in [1.807, 2.05) is 4.90 Å². The number of piperidine rings is 1. The minimum absolute atomic E-state index is 0.0726. The van der Waals surface area contributed by atoms with Crippen molar-refractivity contribution in [3.05, 3.63) is 81.6 Å². The van der Waals surface area contributed by atoms with E-state index in [0.717, 1.165) is 35.7 Å². The lowest BCUT2D eigenvalue weighted by atomic mass is 9.86. The van der Waals surface area contributed by atoms with Crippen molar-refractivity contribution < 1.29 is 35.9 Å². The van der Waals surface area contributed by atoms with Crippen LogP contribution in [0.25, 0.3) is 5.65 Å². The van der Waals surface area contributed by atoms with Crippen LogP contribution < -0.4 is 4.90 Å². The van der Waals surface area contributed by atoms with Gasteiger partial charge in [-0.3, -0.25) is 9.20 Å². The molecule has 0 unspecified atom stereocenters. The Kier molecular flexibility index (Phi) is 7.98. The van der Waals surface area contributed by atoms with Crippen molar-refractivity contribution in [2.75, 3.05) is 18.0 Å².